The first-order valence-corrected chi connectivity index (χ1v) is 10.4. The monoisotopic (exact) mass is 447 g/mol. The van der Waals surface area contributed by atoms with Crippen molar-refractivity contribution in [2.45, 2.75) is 76.7 Å². The Labute approximate surface area is 182 Å². The molecule has 0 aliphatic heterocycles. The van der Waals surface area contributed by atoms with Gasteiger partial charge in [0.05, 0.1) is 18.8 Å². The van der Waals surface area contributed by atoms with Gasteiger partial charge >= 0.3 is 5.97 Å². The average Bonchev–Trinajstić information content (AvgIpc) is 2.72. The summed E-state index contributed by atoms with van der Waals surface area (Å²) in [4.78, 5) is 48.6. The van der Waals surface area contributed by atoms with Crippen LogP contribution >= 0.6 is 0 Å². The summed E-state index contributed by atoms with van der Waals surface area (Å²) in [6.07, 6.45) is 0.852. The highest BCUT2D eigenvalue weighted by Crippen LogP contribution is 2.10. The van der Waals surface area contributed by atoms with E-state index < -0.39 is 66.5 Å². The van der Waals surface area contributed by atoms with Crippen molar-refractivity contribution in [2.75, 3.05) is 13.2 Å². The van der Waals surface area contributed by atoms with Crippen molar-refractivity contribution in [3.63, 3.8) is 0 Å². The number of hydrogen-bond donors (Lipinski definition) is 8. The van der Waals surface area contributed by atoms with Crippen LogP contribution in [0.2, 0.25) is 0 Å². The van der Waals surface area contributed by atoms with E-state index in [0.717, 1.165) is 0 Å². The first-order valence-electron chi connectivity index (χ1n) is 10.4. The molecule has 180 valence electrons. The second-order valence-electron chi connectivity index (χ2n) is 7.57. The van der Waals surface area contributed by atoms with Gasteiger partial charge in [-0.3, -0.25) is 14.4 Å². The number of carboxylic acid groups (broad SMARTS) is 1. The highest BCUT2D eigenvalue weighted by Gasteiger charge is 2.34. The van der Waals surface area contributed by atoms with Crippen molar-refractivity contribution in [2.24, 2.45) is 17.4 Å². The summed E-state index contributed by atoms with van der Waals surface area (Å²) in [7, 11) is 0. The summed E-state index contributed by atoms with van der Waals surface area (Å²) < 4.78 is 0. The van der Waals surface area contributed by atoms with Gasteiger partial charge in [-0.05, 0) is 32.2 Å². The molecule has 0 bridgehead atoms. The van der Waals surface area contributed by atoms with Crippen LogP contribution in [0.15, 0.2) is 0 Å². The van der Waals surface area contributed by atoms with E-state index in [9.17, 15) is 24.3 Å². The fourth-order valence-corrected chi connectivity index (χ4v) is 2.70. The average molecular weight is 448 g/mol. The maximum atomic E-state index is 12.7. The number of nitrogens with one attached hydrogen (secondary N) is 3. The molecule has 0 rings (SSSR count). The Kier molecular flexibility index (Phi) is 13.6. The first-order chi connectivity index (χ1) is 14.5. The van der Waals surface area contributed by atoms with Crippen LogP contribution in [-0.2, 0) is 19.2 Å². The number of rotatable bonds is 15. The summed E-state index contributed by atoms with van der Waals surface area (Å²) in [5.74, 6) is -4.09. The van der Waals surface area contributed by atoms with Gasteiger partial charge in [-0.25, -0.2) is 4.79 Å². The number of amides is 3. The van der Waals surface area contributed by atoms with Gasteiger partial charge in [-0.2, -0.15) is 0 Å². The largest absolute Gasteiger partial charge is 0.480 e. The molecule has 12 nitrogen and oxygen atoms in total. The van der Waals surface area contributed by atoms with Crippen LogP contribution in [0.5, 0.6) is 0 Å². The second kappa shape index (κ2) is 14.7. The van der Waals surface area contributed by atoms with Gasteiger partial charge in [0, 0.05) is 0 Å². The predicted octanol–water partition coefficient (Wildman–Crippen LogP) is -2.60. The molecule has 0 aliphatic carbocycles. The minimum Gasteiger partial charge on any atom is -0.480 e. The maximum Gasteiger partial charge on any atom is 0.328 e. The number of aliphatic carboxylic acids is 1. The van der Waals surface area contributed by atoms with Gasteiger partial charge in [0.2, 0.25) is 17.7 Å². The minimum absolute atomic E-state index is 0.354. The summed E-state index contributed by atoms with van der Waals surface area (Å²) in [5.41, 5.74) is 11.2. The van der Waals surface area contributed by atoms with Crippen LogP contribution in [-0.4, -0.2) is 82.4 Å². The molecule has 0 saturated heterocycles. The minimum atomic E-state index is -1.53. The molecule has 10 N–H and O–H groups in total. The molecule has 0 aliphatic rings. The van der Waals surface area contributed by atoms with E-state index in [2.05, 4.69) is 16.0 Å². The lowest BCUT2D eigenvalue weighted by molar-refractivity contribution is -0.143. The number of hydrogen-bond acceptors (Lipinski definition) is 8. The zero-order chi connectivity index (χ0) is 24.1. The van der Waals surface area contributed by atoms with Gasteiger partial charge in [-0.15, -0.1) is 0 Å². The molecule has 0 fully saturated rings. The molecule has 12 heteroatoms. The molecular weight excluding hydrogens is 410 g/mol. The quantitative estimate of drug-likeness (QED) is 0.123. The van der Waals surface area contributed by atoms with Crippen molar-refractivity contribution in [1.82, 2.24) is 16.0 Å². The van der Waals surface area contributed by atoms with E-state index >= 15 is 0 Å². The highest BCUT2D eigenvalue weighted by molar-refractivity contribution is 5.94. The lowest BCUT2D eigenvalue weighted by atomic mass is 9.97. The lowest BCUT2D eigenvalue weighted by Crippen LogP contribution is -2.61. The van der Waals surface area contributed by atoms with Gasteiger partial charge < -0.3 is 42.7 Å². The van der Waals surface area contributed by atoms with Gasteiger partial charge in [-0.1, -0.05) is 26.7 Å². The third kappa shape index (κ3) is 10.0. The number of nitrogens with two attached hydrogens (primary N) is 2. The zero-order valence-electron chi connectivity index (χ0n) is 18.3. The molecule has 6 atom stereocenters. The highest BCUT2D eigenvalue weighted by atomic mass is 16.4. The summed E-state index contributed by atoms with van der Waals surface area (Å²) >= 11 is 0. The third-order valence-electron chi connectivity index (χ3n) is 4.96. The third-order valence-corrected chi connectivity index (χ3v) is 4.96. The Morgan fingerprint density at radius 1 is 0.935 bits per heavy atom. The Hall–Kier alpha value is -2.28. The SMILES string of the molecule is CCC(C)C(NC(=O)C(NC(=O)C(N)CCCCN)C(C)O)C(=O)NC(CO)C(=O)O. The molecule has 3 amide bonds. The number of carbonyl (C=O) groups excluding carboxylic acids is 3. The van der Waals surface area contributed by atoms with Crippen LogP contribution in [0, 0.1) is 5.92 Å². The Bertz CT molecular complexity index is 602. The molecule has 6 unspecified atom stereocenters. The summed E-state index contributed by atoms with van der Waals surface area (Å²) in [6, 6.07) is -4.95. The predicted molar refractivity (Wildman–Crippen MR) is 113 cm³/mol. The Balaban J connectivity index is 5.29. The molecule has 0 spiro atoms. The fourth-order valence-electron chi connectivity index (χ4n) is 2.70. The van der Waals surface area contributed by atoms with E-state index in [1.54, 1.807) is 13.8 Å². The number of aliphatic hydroxyl groups excluding tert-OH is 2. The number of carboxylic acids is 1. The molecule has 31 heavy (non-hydrogen) atoms. The van der Waals surface area contributed by atoms with Crippen molar-refractivity contribution < 1.29 is 34.5 Å². The molecule has 0 aromatic carbocycles. The molecule has 0 saturated carbocycles. The molecule has 0 radical (unpaired) electrons. The Morgan fingerprint density at radius 2 is 1.48 bits per heavy atom. The number of aliphatic hydroxyl groups is 2. The van der Waals surface area contributed by atoms with Gasteiger partial charge in [0.25, 0.3) is 0 Å². The summed E-state index contributed by atoms with van der Waals surface area (Å²) in [5, 5.41) is 35.1. The normalized spacial score (nSPS) is 16.9. The van der Waals surface area contributed by atoms with E-state index in [4.69, 9.17) is 21.7 Å². The topological polar surface area (TPSA) is 217 Å². The van der Waals surface area contributed by atoms with Gasteiger partial charge in [0.1, 0.15) is 18.1 Å². The van der Waals surface area contributed by atoms with Crippen LogP contribution in [0.4, 0.5) is 0 Å². The van der Waals surface area contributed by atoms with Crippen LogP contribution in [0.3, 0.4) is 0 Å². The maximum absolute atomic E-state index is 12.7. The van der Waals surface area contributed by atoms with Crippen molar-refractivity contribution in [3.05, 3.63) is 0 Å². The van der Waals surface area contributed by atoms with E-state index in [-0.39, 0.29) is 0 Å². The van der Waals surface area contributed by atoms with Crippen molar-refractivity contribution >= 4 is 23.7 Å². The molecule has 0 aromatic heterocycles. The zero-order valence-corrected chi connectivity index (χ0v) is 18.3. The smallest absolute Gasteiger partial charge is 0.328 e. The van der Waals surface area contributed by atoms with E-state index in [1.807, 2.05) is 0 Å². The van der Waals surface area contributed by atoms with E-state index in [1.165, 1.54) is 6.92 Å². The molecular formula is C19H37N5O7. The molecule has 0 aromatic rings. The lowest BCUT2D eigenvalue weighted by Gasteiger charge is -2.28. The standard InChI is InChI=1S/C19H37N5O7/c1-4-10(2)14(17(28)22-13(9-25)19(30)31)23-18(29)15(11(3)26)24-16(27)12(21)7-5-6-8-20/h10-15,25-26H,4-9,20-21H2,1-3H3,(H,22,28)(H,23,29)(H,24,27)(H,30,31). The van der Waals surface area contributed by atoms with Crippen LogP contribution in [0.1, 0.15) is 46.5 Å². The van der Waals surface area contributed by atoms with Crippen LogP contribution in [0.25, 0.3) is 0 Å². The fraction of sp³-hybridized carbons (Fsp3) is 0.789. The Morgan fingerprint density at radius 3 is 1.94 bits per heavy atom. The van der Waals surface area contributed by atoms with Gasteiger partial charge in [0.15, 0.2) is 0 Å². The van der Waals surface area contributed by atoms with Crippen molar-refractivity contribution in [1.29, 1.82) is 0 Å². The second-order valence-corrected chi connectivity index (χ2v) is 7.57. The number of unbranched alkanes of at least 4 members (excludes halogenated alkanes) is 1. The first kappa shape index (κ1) is 28.7. The summed E-state index contributed by atoms with van der Waals surface area (Å²) in [6.45, 7) is 4.38. The van der Waals surface area contributed by atoms with Crippen molar-refractivity contribution in [3.8, 4) is 0 Å². The van der Waals surface area contributed by atoms with Crippen LogP contribution < -0.4 is 27.4 Å². The van der Waals surface area contributed by atoms with E-state index in [0.29, 0.717) is 32.2 Å². The number of carbonyl (C=O) groups is 4. The molecule has 0 heterocycles.